The summed E-state index contributed by atoms with van der Waals surface area (Å²) >= 11 is 0. The average Bonchev–Trinajstić information content (AvgIpc) is 2.31. The lowest BCUT2D eigenvalue weighted by molar-refractivity contribution is 1.09. The maximum absolute atomic E-state index is 5.61. The largest absolute Gasteiger partial charge is 0.399 e. The number of hydrogen-bond donors (Lipinski definition) is 1. The van der Waals surface area contributed by atoms with Crippen molar-refractivity contribution in [1.29, 1.82) is 0 Å². The Labute approximate surface area is 112 Å². The number of rotatable bonds is 4. The molecular weight excluding hydrogens is 218 g/mol. The van der Waals surface area contributed by atoms with Gasteiger partial charge in [0.2, 0.25) is 0 Å². The smallest absolute Gasteiger partial charge is 0.0314 e. The second kappa shape index (κ2) is 9.29. The topological polar surface area (TPSA) is 26.0 Å². The highest BCUT2D eigenvalue weighted by molar-refractivity contribution is 5.60. The van der Waals surface area contributed by atoms with Crippen LogP contribution < -0.4 is 5.73 Å². The minimum atomic E-state index is 0.627. The Hall–Kier alpha value is -1.76. The van der Waals surface area contributed by atoms with Gasteiger partial charge in [0.25, 0.3) is 0 Å². The summed E-state index contributed by atoms with van der Waals surface area (Å²) in [5.74, 6) is 0. The van der Waals surface area contributed by atoms with Crippen LogP contribution in [0.15, 0.2) is 55.1 Å². The molecule has 0 heterocycles. The molecule has 0 unspecified atom stereocenters. The van der Waals surface area contributed by atoms with E-state index in [9.17, 15) is 0 Å². The number of nitrogens with two attached hydrogens (primary N) is 1. The summed E-state index contributed by atoms with van der Waals surface area (Å²) in [6, 6.07) is 8.27. The zero-order valence-corrected chi connectivity index (χ0v) is 11.9. The summed E-state index contributed by atoms with van der Waals surface area (Å²) in [6.07, 6.45) is 6.13. The van der Waals surface area contributed by atoms with Gasteiger partial charge in [-0.15, -0.1) is 6.58 Å². The molecule has 0 aliphatic heterocycles. The van der Waals surface area contributed by atoms with E-state index >= 15 is 0 Å². The zero-order chi connectivity index (χ0) is 14.0. The van der Waals surface area contributed by atoms with E-state index in [1.165, 1.54) is 11.1 Å². The van der Waals surface area contributed by atoms with Gasteiger partial charge < -0.3 is 5.73 Å². The van der Waals surface area contributed by atoms with Crippen molar-refractivity contribution in [2.45, 2.75) is 33.6 Å². The first-order chi connectivity index (χ1) is 8.54. The summed E-state index contributed by atoms with van der Waals surface area (Å²) in [7, 11) is 0. The monoisotopic (exact) mass is 243 g/mol. The third-order valence-electron chi connectivity index (χ3n) is 2.36. The quantitative estimate of drug-likeness (QED) is 0.762. The predicted molar refractivity (Wildman–Crippen MR) is 83.3 cm³/mol. The lowest BCUT2D eigenvalue weighted by Crippen LogP contribution is -1.94. The van der Waals surface area contributed by atoms with Gasteiger partial charge in [-0.1, -0.05) is 55.5 Å². The van der Waals surface area contributed by atoms with Crippen molar-refractivity contribution in [2.75, 3.05) is 0 Å². The van der Waals surface area contributed by atoms with Crippen molar-refractivity contribution >= 4 is 5.70 Å². The number of allylic oxidation sites excluding steroid dienone is 3. The molecule has 0 aliphatic carbocycles. The molecule has 1 aromatic carbocycles. The highest BCUT2D eigenvalue weighted by atomic mass is 14.6. The number of hydrogen-bond acceptors (Lipinski definition) is 1. The zero-order valence-electron chi connectivity index (χ0n) is 11.9. The molecule has 1 rings (SSSR count). The Morgan fingerprint density at radius 2 is 1.78 bits per heavy atom. The molecule has 0 spiro atoms. The standard InChI is InChI=1S/C14H19N.C3H6/c1-4-5-11(2)10-13-6-8-14(9-7-13)12(3)15;1-3-2/h5-9H,3-4,10,15H2,1-2H3;3H,1H2,2H3/b11-5+;. The molecule has 2 N–H and O–H groups in total. The first kappa shape index (κ1) is 16.2. The Bertz CT molecular complexity index is 396. The summed E-state index contributed by atoms with van der Waals surface area (Å²) in [5, 5.41) is 0. The summed E-state index contributed by atoms with van der Waals surface area (Å²) < 4.78 is 0. The molecule has 98 valence electrons. The Morgan fingerprint density at radius 1 is 1.28 bits per heavy atom. The maximum Gasteiger partial charge on any atom is 0.0314 e. The maximum atomic E-state index is 5.61. The molecule has 0 bridgehead atoms. The van der Waals surface area contributed by atoms with Gasteiger partial charge in [-0.2, -0.15) is 0 Å². The molecule has 1 heteroatoms. The molecule has 18 heavy (non-hydrogen) atoms. The molecule has 0 aromatic heterocycles. The van der Waals surface area contributed by atoms with Crippen molar-refractivity contribution in [2.24, 2.45) is 5.73 Å². The van der Waals surface area contributed by atoms with Gasteiger partial charge in [0, 0.05) is 5.70 Å². The van der Waals surface area contributed by atoms with E-state index in [0.717, 1.165) is 18.4 Å². The van der Waals surface area contributed by atoms with Gasteiger partial charge >= 0.3 is 0 Å². The predicted octanol–water partition coefficient (Wildman–Crippen LogP) is 4.71. The van der Waals surface area contributed by atoms with E-state index in [2.05, 4.69) is 45.2 Å². The van der Waals surface area contributed by atoms with Crippen LogP contribution in [0.2, 0.25) is 0 Å². The lowest BCUT2D eigenvalue weighted by Gasteiger charge is -2.04. The van der Waals surface area contributed by atoms with Gasteiger partial charge in [0.15, 0.2) is 0 Å². The van der Waals surface area contributed by atoms with Crippen LogP contribution in [-0.2, 0) is 6.42 Å². The van der Waals surface area contributed by atoms with Gasteiger partial charge in [0.1, 0.15) is 0 Å². The second-order valence-corrected chi connectivity index (χ2v) is 4.27. The molecule has 0 atom stereocenters. The van der Waals surface area contributed by atoms with Crippen molar-refractivity contribution in [1.82, 2.24) is 0 Å². The van der Waals surface area contributed by atoms with E-state index in [-0.39, 0.29) is 0 Å². The Balaban J connectivity index is 0.000000873. The van der Waals surface area contributed by atoms with Crippen LogP contribution in [0.4, 0.5) is 0 Å². The normalized spacial score (nSPS) is 10.3. The van der Waals surface area contributed by atoms with Crippen molar-refractivity contribution < 1.29 is 0 Å². The van der Waals surface area contributed by atoms with Crippen LogP contribution in [0, 0.1) is 0 Å². The molecule has 0 amide bonds. The summed E-state index contributed by atoms with van der Waals surface area (Å²) in [6.45, 7) is 13.3. The Morgan fingerprint density at radius 3 is 2.17 bits per heavy atom. The van der Waals surface area contributed by atoms with Crippen LogP contribution in [0.25, 0.3) is 5.70 Å². The van der Waals surface area contributed by atoms with Gasteiger partial charge in [-0.25, -0.2) is 0 Å². The van der Waals surface area contributed by atoms with E-state index in [4.69, 9.17) is 5.73 Å². The first-order valence-electron chi connectivity index (χ1n) is 6.31. The Kier molecular flexibility index (Phi) is 8.38. The highest BCUT2D eigenvalue weighted by Crippen LogP contribution is 2.12. The van der Waals surface area contributed by atoms with E-state index in [0.29, 0.717) is 5.70 Å². The fourth-order valence-electron chi connectivity index (χ4n) is 1.58. The summed E-state index contributed by atoms with van der Waals surface area (Å²) in [5.41, 5.74) is 9.98. The SMILES string of the molecule is C=C(N)c1ccc(C/C(C)=C/CC)cc1.C=CC. The minimum absolute atomic E-state index is 0.627. The average molecular weight is 243 g/mol. The van der Waals surface area contributed by atoms with E-state index in [1.807, 2.05) is 19.1 Å². The molecule has 0 saturated heterocycles. The minimum Gasteiger partial charge on any atom is -0.399 e. The van der Waals surface area contributed by atoms with Crippen LogP contribution in [0.3, 0.4) is 0 Å². The van der Waals surface area contributed by atoms with Crippen molar-refractivity contribution in [3.05, 3.63) is 66.3 Å². The molecular formula is C17H25N. The van der Waals surface area contributed by atoms with Gasteiger partial charge in [-0.05, 0) is 37.8 Å². The molecule has 0 radical (unpaired) electrons. The molecule has 1 nitrogen and oxygen atoms in total. The van der Waals surface area contributed by atoms with Crippen LogP contribution in [-0.4, -0.2) is 0 Å². The van der Waals surface area contributed by atoms with Gasteiger partial charge in [0.05, 0.1) is 0 Å². The van der Waals surface area contributed by atoms with Gasteiger partial charge in [-0.3, -0.25) is 0 Å². The lowest BCUT2D eigenvalue weighted by atomic mass is 10.0. The summed E-state index contributed by atoms with van der Waals surface area (Å²) in [4.78, 5) is 0. The van der Waals surface area contributed by atoms with Crippen LogP contribution in [0.5, 0.6) is 0 Å². The molecule has 0 saturated carbocycles. The first-order valence-corrected chi connectivity index (χ1v) is 6.31. The van der Waals surface area contributed by atoms with Crippen LogP contribution >= 0.6 is 0 Å². The van der Waals surface area contributed by atoms with E-state index in [1.54, 1.807) is 6.08 Å². The van der Waals surface area contributed by atoms with E-state index < -0.39 is 0 Å². The molecule has 0 aliphatic rings. The van der Waals surface area contributed by atoms with Crippen molar-refractivity contribution in [3.8, 4) is 0 Å². The number of benzene rings is 1. The highest BCUT2D eigenvalue weighted by Gasteiger charge is 1.96. The van der Waals surface area contributed by atoms with Crippen LogP contribution in [0.1, 0.15) is 38.3 Å². The molecule has 0 fully saturated rings. The second-order valence-electron chi connectivity index (χ2n) is 4.27. The molecule has 1 aromatic rings. The fourth-order valence-corrected chi connectivity index (χ4v) is 1.58. The third kappa shape index (κ3) is 6.74. The van der Waals surface area contributed by atoms with Crippen molar-refractivity contribution in [3.63, 3.8) is 0 Å². The fraction of sp³-hybridized carbons (Fsp3) is 0.294. The third-order valence-corrected chi connectivity index (χ3v) is 2.36.